The predicted octanol–water partition coefficient (Wildman–Crippen LogP) is 4.33. The van der Waals surface area contributed by atoms with Crippen LogP contribution < -0.4 is 4.90 Å². The van der Waals surface area contributed by atoms with E-state index >= 15 is 0 Å². The molecule has 0 radical (unpaired) electrons. The smallest absolute Gasteiger partial charge is 0.230 e. The van der Waals surface area contributed by atoms with Crippen LogP contribution >= 0.6 is 0 Å². The summed E-state index contributed by atoms with van der Waals surface area (Å²) < 4.78 is 0. The number of piperazine rings is 1. The molecule has 6 rings (SSSR count). The van der Waals surface area contributed by atoms with E-state index in [-0.39, 0.29) is 17.3 Å². The summed E-state index contributed by atoms with van der Waals surface area (Å²) >= 11 is 0. The molecule has 2 aromatic rings. The molecule has 2 saturated heterocycles. The summed E-state index contributed by atoms with van der Waals surface area (Å²) in [5, 5.41) is 0. The first-order valence-electron chi connectivity index (χ1n) is 13.9. The van der Waals surface area contributed by atoms with Gasteiger partial charge in [-0.2, -0.15) is 0 Å². The van der Waals surface area contributed by atoms with Crippen LogP contribution in [0.25, 0.3) is 0 Å². The van der Waals surface area contributed by atoms with Crippen molar-refractivity contribution < 1.29 is 9.59 Å². The molecule has 190 valence electrons. The van der Waals surface area contributed by atoms with Crippen LogP contribution in [-0.2, 0) is 9.59 Å². The molecule has 6 nitrogen and oxygen atoms in total. The van der Waals surface area contributed by atoms with Crippen molar-refractivity contribution in [2.45, 2.75) is 50.9 Å². The number of rotatable bonds is 5. The van der Waals surface area contributed by atoms with E-state index in [2.05, 4.69) is 43.9 Å². The molecular formula is C30H38N4O2. The number of pyridine rings is 1. The summed E-state index contributed by atoms with van der Waals surface area (Å²) in [6, 6.07) is 16.4. The Balaban J connectivity index is 1.04. The molecule has 0 N–H and O–H groups in total. The second kappa shape index (κ2) is 9.87. The van der Waals surface area contributed by atoms with E-state index in [1.807, 2.05) is 30.5 Å². The monoisotopic (exact) mass is 486 g/mol. The minimum absolute atomic E-state index is 0.00483. The Bertz CT molecular complexity index is 1050. The molecule has 2 aliphatic heterocycles. The van der Waals surface area contributed by atoms with Gasteiger partial charge in [0.05, 0.1) is 5.92 Å². The van der Waals surface area contributed by atoms with Crippen molar-refractivity contribution in [3.8, 4) is 0 Å². The lowest BCUT2D eigenvalue weighted by Gasteiger charge is -2.38. The summed E-state index contributed by atoms with van der Waals surface area (Å²) in [5.41, 5.74) is 1.31. The van der Waals surface area contributed by atoms with E-state index in [4.69, 9.17) is 0 Å². The number of aromatic nitrogens is 1. The number of benzene rings is 1. The van der Waals surface area contributed by atoms with Gasteiger partial charge in [0.1, 0.15) is 5.82 Å². The van der Waals surface area contributed by atoms with Crippen molar-refractivity contribution in [2.75, 3.05) is 44.2 Å². The van der Waals surface area contributed by atoms with Crippen LogP contribution in [0.5, 0.6) is 0 Å². The molecule has 0 bridgehead atoms. The van der Waals surface area contributed by atoms with Crippen molar-refractivity contribution in [3.05, 3.63) is 60.3 Å². The van der Waals surface area contributed by atoms with Crippen LogP contribution in [0.2, 0.25) is 0 Å². The molecule has 1 aromatic carbocycles. The Morgan fingerprint density at radius 1 is 0.833 bits per heavy atom. The molecule has 1 aromatic heterocycles. The molecule has 6 heteroatoms. The molecular weight excluding hydrogens is 448 g/mol. The predicted molar refractivity (Wildman–Crippen MR) is 141 cm³/mol. The Kier molecular flexibility index (Phi) is 6.44. The van der Waals surface area contributed by atoms with Gasteiger partial charge in [0.2, 0.25) is 11.8 Å². The average molecular weight is 487 g/mol. The number of hydrogen-bond donors (Lipinski definition) is 0. The minimum Gasteiger partial charge on any atom is -0.353 e. The fourth-order valence-electron chi connectivity index (χ4n) is 7.10. The number of hydrogen-bond acceptors (Lipinski definition) is 4. The van der Waals surface area contributed by atoms with Crippen molar-refractivity contribution in [3.63, 3.8) is 0 Å². The van der Waals surface area contributed by atoms with Gasteiger partial charge in [-0.3, -0.25) is 9.59 Å². The summed E-state index contributed by atoms with van der Waals surface area (Å²) in [7, 11) is 0. The lowest BCUT2D eigenvalue weighted by atomic mass is 9.82. The first-order valence-corrected chi connectivity index (χ1v) is 13.9. The van der Waals surface area contributed by atoms with Gasteiger partial charge in [-0.15, -0.1) is 0 Å². The molecule has 36 heavy (non-hydrogen) atoms. The van der Waals surface area contributed by atoms with Gasteiger partial charge in [-0.05, 0) is 61.1 Å². The quantitative estimate of drug-likeness (QED) is 0.631. The standard InChI is InChI=1S/C30H38N4O2/c35-28(34-20-18-32(19-21-34)26-12-6-7-15-31-26)25-22-30(25)13-16-33(17-14-30)29(36)27(24-10-4-5-11-24)23-8-2-1-3-9-23/h1-3,6-9,12,15,24-25,27H,4-5,10-11,13-14,16-22H2/t25-,27+/m0/s1. The molecule has 2 saturated carbocycles. The van der Waals surface area contributed by atoms with E-state index in [1.54, 1.807) is 0 Å². The maximum atomic E-state index is 13.8. The van der Waals surface area contributed by atoms with E-state index in [1.165, 1.54) is 18.4 Å². The van der Waals surface area contributed by atoms with Gasteiger partial charge in [-0.1, -0.05) is 49.2 Å². The van der Waals surface area contributed by atoms with Gasteiger partial charge < -0.3 is 14.7 Å². The van der Waals surface area contributed by atoms with Crippen LogP contribution in [0, 0.1) is 17.3 Å². The summed E-state index contributed by atoms with van der Waals surface area (Å²) in [4.78, 5) is 38.1. The van der Waals surface area contributed by atoms with Crippen LogP contribution in [-0.4, -0.2) is 65.9 Å². The molecule has 2 atom stereocenters. The zero-order valence-electron chi connectivity index (χ0n) is 21.2. The molecule has 2 aliphatic carbocycles. The number of carbonyl (C=O) groups is 2. The van der Waals surface area contributed by atoms with Crippen molar-refractivity contribution >= 4 is 17.6 Å². The second-order valence-electron chi connectivity index (χ2n) is 11.4. The third-order valence-corrected chi connectivity index (χ3v) is 9.42. The summed E-state index contributed by atoms with van der Waals surface area (Å²) in [5.74, 6) is 2.26. The Labute approximate surface area is 214 Å². The zero-order valence-corrected chi connectivity index (χ0v) is 21.2. The van der Waals surface area contributed by atoms with Gasteiger partial charge in [0, 0.05) is 51.4 Å². The molecule has 1 spiro atoms. The normalized spacial score (nSPS) is 24.7. The first-order chi connectivity index (χ1) is 17.6. The lowest BCUT2D eigenvalue weighted by molar-refractivity contribution is -0.136. The van der Waals surface area contributed by atoms with Crippen LogP contribution in [0.3, 0.4) is 0 Å². The largest absolute Gasteiger partial charge is 0.353 e. The molecule has 3 heterocycles. The Morgan fingerprint density at radius 3 is 2.19 bits per heavy atom. The first kappa shape index (κ1) is 23.5. The number of nitrogens with zero attached hydrogens (tertiary/aromatic N) is 4. The highest BCUT2D eigenvalue weighted by Gasteiger charge is 2.59. The van der Waals surface area contributed by atoms with Crippen molar-refractivity contribution in [2.24, 2.45) is 17.3 Å². The van der Waals surface area contributed by atoms with Crippen LogP contribution in [0.15, 0.2) is 54.7 Å². The summed E-state index contributed by atoms with van der Waals surface area (Å²) in [6.45, 7) is 4.82. The fraction of sp³-hybridized carbons (Fsp3) is 0.567. The van der Waals surface area contributed by atoms with E-state index in [0.717, 1.165) is 77.2 Å². The SMILES string of the molecule is O=C([C@H](c1ccccc1)C1CCCC1)N1CCC2(CC1)C[C@H]2C(=O)N1CCN(c2ccccn2)CC1. The molecule has 2 amide bonds. The highest BCUT2D eigenvalue weighted by molar-refractivity contribution is 5.85. The van der Waals surface area contributed by atoms with E-state index < -0.39 is 0 Å². The van der Waals surface area contributed by atoms with Crippen molar-refractivity contribution in [1.29, 1.82) is 0 Å². The zero-order chi connectivity index (χ0) is 24.5. The average Bonchev–Trinajstić information content (AvgIpc) is 3.36. The van der Waals surface area contributed by atoms with Crippen molar-refractivity contribution in [1.82, 2.24) is 14.8 Å². The highest BCUT2D eigenvalue weighted by atomic mass is 16.2. The fourth-order valence-corrected chi connectivity index (χ4v) is 7.10. The number of amides is 2. The third kappa shape index (κ3) is 4.51. The van der Waals surface area contributed by atoms with Gasteiger partial charge in [0.15, 0.2) is 0 Å². The summed E-state index contributed by atoms with van der Waals surface area (Å²) in [6.07, 6.45) is 9.56. The maximum Gasteiger partial charge on any atom is 0.230 e. The van der Waals surface area contributed by atoms with E-state index in [0.29, 0.717) is 17.7 Å². The molecule has 4 aliphatic rings. The van der Waals surface area contributed by atoms with Crippen LogP contribution in [0.4, 0.5) is 5.82 Å². The number of likely N-dealkylation sites (tertiary alicyclic amines) is 1. The molecule has 4 fully saturated rings. The topological polar surface area (TPSA) is 56.8 Å². The third-order valence-electron chi connectivity index (χ3n) is 9.42. The van der Waals surface area contributed by atoms with Crippen LogP contribution in [0.1, 0.15) is 56.4 Å². The Hall–Kier alpha value is -2.89. The van der Waals surface area contributed by atoms with Gasteiger partial charge >= 0.3 is 0 Å². The maximum absolute atomic E-state index is 13.8. The molecule has 0 unspecified atom stereocenters. The number of carbonyl (C=O) groups excluding carboxylic acids is 2. The van der Waals surface area contributed by atoms with Gasteiger partial charge in [0.25, 0.3) is 0 Å². The van der Waals surface area contributed by atoms with E-state index in [9.17, 15) is 9.59 Å². The lowest BCUT2D eigenvalue weighted by Crippen LogP contribution is -2.50. The number of anilines is 1. The number of piperidine rings is 1. The highest BCUT2D eigenvalue weighted by Crippen LogP contribution is 2.60. The Morgan fingerprint density at radius 2 is 1.53 bits per heavy atom. The minimum atomic E-state index is -0.00483. The second-order valence-corrected chi connectivity index (χ2v) is 11.4. The van der Waals surface area contributed by atoms with Gasteiger partial charge in [-0.25, -0.2) is 4.98 Å².